The fourth-order valence-electron chi connectivity index (χ4n) is 2.17. The first kappa shape index (κ1) is 10.6. The van der Waals surface area contributed by atoms with Crippen LogP contribution in [0.5, 0.6) is 0 Å². The van der Waals surface area contributed by atoms with Crippen molar-refractivity contribution in [3.63, 3.8) is 0 Å². The van der Waals surface area contributed by atoms with Gasteiger partial charge in [-0.25, -0.2) is 4.79 Å². The lowest BCUT2D eigenvalue weighted by Gasteiger charge is -1.96. The average molecular weight is 243 g/mol. The molecule has 5 heteroatoms. The van der Waals surface area contributed by atoms with Crippen LogP contribution < -0.4 is 5.43 Å². The van der Waals surface area contributed by atoms with E-state index in [1.165, 1.54) is 0 Å². The SMILES string of the molecule is Cn1c2ccccc2c2oc(C(=O)O)cc(=O)c21. The van der Waals surface area contributed by atoms with E-state index in [1.54, 1.807) is 17.7 Å². The van der Waals surface area contributed by atoms with Crippen LogP contribution in [0, 0.1) is 0 Å². The largest absolute Gasteiger partial charge is 0.475 e. The molecule has 0 spiro atoms. The molecule has 90 valence electrons. The van der Waals surface area contributed by atoms with E-state index in [0.717, 1.165) is 17.0 Å². The summed E-state index contributed by atoms with van der Waals surface area (Å²) in [4.78, 5) is 22.9. The van der Waals surface area contributed by atoms with Crippen LogP contribution in [0.3, 0.4) is 0 Å². The Morgan fingerprint density at radius 1 is 1.33 bits per heavy atom. The third-order valence-corrected chi connectivity index (χ3v) is 2.98. The smallest absolute Gasteiger partial charge is 0.371 e. The molecule has 5 nitrogen and oxygen atoms in total. The van der Waals surface area contributed by atoms with E-state index in [9.17, 15) is 9.59 Å². The van der Waals surface area contributed by atoms with Crippen LogP contribution in [-0.2, 0) is 7.05 Å². The summed E-state index contributed by atoms with van der Waals surface area (Å²) in [5, 5.41) is 9.64. The van der Waals surface area contributed by atoms with Crippen molar-refractivity contribution < 1.29 is 14.3 Å². The van der Waals surface area contributed by atoms with Gasteiger partial charge in [0.25, 0.3) is 0 Å². The normalized spacial score (nSPS) is 11.2. The van der Waals surface area contributed by atoms with Crippen LogP contribution in [0.15, 0.2) is 39.5 Å². The number of carboxylic acid groups (broad SMARTS) is 1. The van der Waals surface area contributed by atoms with Gasteiger partial charge in [0, 0.05) is 18.5 Å². The molecule has 0 saturated heterocycles. The highest BCUT2D eigenvalue weighted by Crippen LogP contribution is 2.26. The minimum absolute atomic E-state index is 0.318. The molecule has 1 aromatic carbocycles. The summed E-state index contributed by atoms with van der Waals surface area (Å²) in [5.41, 5.74) is 1.17. The van der Waals surface area contributed by atoms with Gasteiger partial charge in [-0.2, -0.15) is 0 Å². The van der Waals surface area contributed by atoms with Gasteiger partial charge >= 0.3 is 5.97 Å². The van der Waals surface area contributed by atoms with E-state index in [0.29, 0.717) is 11.1 Å². The topological polar surface area (TPSA) is 72.4 Å². The van der Waals surface area contributed by atoms with E-state index in [1.807, 2.05) is 18.2 Å². The molecule has 3 aromatic rings. The fraction of sp³-hybridized carbons (Fsp3) is 0.0769. The van der Waals surface area contributed by atoms with Gasteiger partial charge in [0.1, 0.15) is 5.52 Å². The predicted molar refractivity (Wildman–Crippen MR) is 65.9 cm³/mol. The Bertz CT molecular complexity index is 841. The van der Waals surface area contributed by atoms with Crippen LogP contribution in [0.2, 0.25) is 0 Å². The van der Waals surface area contributed by atoms with E-state index >= 15 is 0 Å². The molecule has 0 amide bonds. The van der Waals surface area contributed by atoms with Crippen molar-refractivity contribution in [2.45, 2.75) is 0 Å². The molecule has 0 fully saturated rings. The van der Waals surface area contributed by atoms with E-state index in [2.05, 4.69) is 0 Å². The first-order valence-corrected chi connectivity index (χ1v) is 5.34. The number of para-hydroxylation sites is 1. The van der Waals surface area contributed by atoms with Crippen molar-refractivity contribution >= 4 is 28.0 Å². The van der Waals surface area contributed by atoms with Crippen LogP contribution in [0.25, 0.3) is 22.0 Å². The highest BCUT2D eigenvalue weighted by atomic mass is 16.4. The van der Waals surface area contributed by atoms with Gasteiger partial charge in [-0.15, -0.1) is 0 Å². The highest BCUT2D eigenvalue weighted by molar-refractivity contribution is 6.05. The van der Waals surface area contributed by atoms with E-state index < -0.39 is 5.97 Å². The van der Waals surface area contributed by atoms with E-state index in [-0.39, 0.29) is 11.2 Å². The van der Waals surface area contributed by atoms with Crippen molar-refractivity contribution in [2.24, 2.45) is 7.05 Å². The van der Waals surface area contributed by atoms with Crippen molar-refractivity contribution in [1.29, 1.82) is 0 Å². The Labute approximate surface area is 101 Å². The number of carbonyl (C=O) groups is 1. The maximum atomic E-state index is 12.0. The Morgan fingerprint density at radius 3 is 2.78 bits per heavy atom. The standard InChI is InChI=1S/C13H9NO4/c1-14-8-5-3-2-4-7(8)12-11(14)9(15)6-10(18-12)13(16)17/h2-6H,1H3,(H,16,17). The number of hydrogen-bond acceptors (Lipinski definition) is 3. The van der Waals surface area contributed by atoms with Gasteiger partial charge in [-0.1, -0.05) is 12.1 Å². The number of aryl methyl sites for hydroxylation is 1. The Morgan fingerprint density at radius 2 is 2.06 bits per heavy atom. The monoisotopic (exact) mass is 243 g/mol. The second kappa shape index (κ2) is 3.46. The second-order valence-electron chi connectivity index (χ2n) is 4.03. The van der Waals surface area contributed by atoms with Gasteiger partial charge in [0.15, 0.2) is 5.58 Å². The Hall–Kier alpha value is -2.56. The second-order valence-corrected chi connectivity index (χ2v) is 4.03. The van der Waals surface area contributed by atoms with Gasteiger partial charge in [0.05, 0.1) is 5.52 Å². The zero-order chi connectivity index (χ0) is 12.9. The maximum Gasteiger partial charge on any atom is 0.371 e. The number of aromatic nitrogens is 1. The van der Waals surface area contributed by atoms with E-state index in [4.69, 9.17) is 9.52 Å². The first-order valence-electron chi connectivity index (χ1n) is 5.34. The third kappa shape index (κ3) is 1.27. The quantitative estimate of drug-likeness (QED) is 0.709. The molecule has 0 saturated carbocycles. The van der Waals surface area contributed by atoms with Crippen LogP contribution in [0.4, 0.5) is 0 Å². The van der Waals surface area contributed by atoms with Crippen LogP contribution >= 0.6 is 0 Å². The molecule has 2 aromatic heterocycles. The molecule has 0 radical (unpaired) electrons. The number of benzene rings is 1. The molecule has 0 atom stereocenters. The molecule has 2 heterocycles. The maximum absolute atomic E-state index is 12.0. The minimum atomic E-state index is -1.25. The molecule has 0 unspecified atom stereocenters. The summed E-state index contributed by atoms with van der Waals surface area (Å²) in [6.45, 7) is 0. The zero-order valence-electron chi connectivity index (χ0n) is 9.51. The Kier molecular flexibility index (Phi) is 2.04. The summed E-state index contributed by atoms with van der Waals surface area (Å²) < 4.78 is 7.03. The lowest BCUT2D eigenvalue weighted by Crippen LogP contribution is -2.08. The molecule has 0 aliphatic carbocycles. The molecule has 18 heavy (non-hydrogen) atoms. The van der Waals surface area contributed by atoms with Gasteiger partial charge in [0.2, 0.25) is 11.2 Å². The van der Waals surface area contributed by atoms with Crippen LogP contribution in [0.1, 0.15) is 10.6 Å². The molecular weight excluding hydrogens is 234 g/mol. The summed E-state index contributed by atoms with van der Waals surface area (Å²) in [5.74, 6) is -1.59. The number of aromatic carboxylic acids is 1. The molecule has 0 aliphatic heterocycles. The predicted octanol–water partition coefficient (Wildman–Crippen LogP) is 1.98. The highest BCUT2D eigenvalue weighted by Gasteiger charge is 2.16. The lowest BCUT2D eigenvalue weighted by atomic mass is 10.2. The molecule has 0 bridgehead atoms. The van der Waals surface area contributed by atoms with Gasteiger partial charge in [-0.05, 0) is 12.1 Å². The molecule has 0 aliphatic rings. The first-order chi connectivity index (χ1) is 8.59. The lowest BCUT2D eigenvalue weighted by molar-refractivity contribution is 0.0663. The zero-order valence-corrected chi connectivity index (χ0v) is 9.51. The number of hydrogen-bond donors (Lipinski definition) is 1. The summed E-state index contributed by atoms with van der Waals surface area (Å²) >= 11 is 0. The minimum Gasteiger partial charge on any atom is -0.475 e. The summed E-state index contributed by atoms with van der Waals surface area (Å²) in [6.07, 6.45) is 0. The summed E-state index contributed by atoms with van der Waals surface area (Å²) in [7, 11) is 1.75. The number of rotatable bonds is 1. The number of nitrogens with zero attached hydrogens (tertiary/aromatic N) is 1. The number of carboxylic acids is 1. The molecular formula is C13H9NO4. The third-order valence-electron chi connectivity index (χ3n) is 2.98. The van der Waals surface area contributed by atoms with Crippen molar-refractivity contribution in [3.05, 3.63) is 46.3 Å². The van der Waals surface area contributed by atoms with Crippen molar-refractivity contribution in [1.82, 2.24) is 4.57 Å². The number of fused-ring (bicyclic) bond motifs is 3. The van der Waals surface area contributed by atoms with Crippen molar-refractivity contribution in [3.8, 4) is 0 Å². The molecule has 1 N–H and O–H groups in total. The fourth-order valence-corrected chi connectivity index (χ4v) is 2.17. The van der Waals surface area contributed by atoms with Gasteiger partial charge < -0.3 is 14.1 Å². The molecule has 3 rings (SSSR count). The average Bonchev–Trinajstić information content (AvgIpc) is 2.64. The Balaban J connectivity index is 2.61. The van der Waals surface area contributed by atoms with Gasteiger partial charge in [-0.3, -0.25) is 4.79 Å². The summed E-state index contributed by atoms with van der Waals surface area (Å²) in [6, 6.07) is 8.32. The van der Waals surface area contributed by atoms with Crippen LogP contribution in [-0.4, -0.2) is 15.6 Å². The van der Waals surface area contributed by atoms with Crippen molar-refractivity contribution in [2.75, 3.05) is 0 Å².